The van der Waals surface area contributed by atoms with Gasteiger partial charge in [-0.05, 0) is 31.2 Å². The number of amides is 1. The molecule has 0 bridgehead atoms. The van der Waals surface area contributed by atoms with Gasteiger partial charge in [-0.25, -0.2) is 4.79 Å². The Kier molecular flexibility index (Phi) is 5.24. The van der Waals surface area contributed by atoms with E-state index in [-0.39, 0.29) is 23.1 Å². The third-order valence-electron chi connectivity index (χ3n) is 3.12. The summed E-state index contributed by atoms with van der Waals surface area (Å²) in [6.45, 7) is 1.27. The SMILES string of the molecule is COc1cccc(C(=O)OCC(=O)NC(C)c2ccco2)c1O. The van der Waals surface area contributed by atoms with Gasteiger partial charge in [-0.15, -0.1) is 0 Å². The molecule has 1 aromatic carbocycles. The third kappa shape index (κ3) is 4.03. The predicted octanol–water partition coefficient (Wildman–Crippen LogP) is 2.03. The number of furan rings is 1. The smallest absolute Gasteiger partial charge is 0.342 e. The van der Waals surface area contributed by atoms with E-state index in [0.29, 0.717) is 5.76 Å². The summed E-state index contributed by atoms with van der Waals surface area (Å²) in [4.78, 5) is 23.7. The molecule has 0 saturated heterocycles. The molecule has 0 spiro atoms. The Hall–Kier alpha value is -2.96. The molecule has 2 N–H and O–H groups in total. The number of phenolic OH excluding ortho intramolecular Hbond substituents is 1. The molecule has 0 radical (unpaired) electrons. The van der Waals surface area contributed by atoms with Crippen molar-refractivity contribution in [3.8, 4) is 11.5 Å². The maximum absolute atomic E-state index is 11.9. The first-order valence-corrected chi connectivity index (χ1v) is 6.88. The molecule has 2 aromatic rings. The highest BCUT2D eigenvalue weighted by Gasteiger charge is 2.18. The lowest BCUT2D eigenvalue weighted by molar-refractivity contribution is -0.125. The Morgan fingerprint density at radius 2 is 2.09 bits per heavy atom. The van der Waals surface area contributed by atoms with E-state index in [2.05, 4.69) is 5.32 Å². The second-order valence-corrected chi connectivity index (χ2v) is 4.74. The number of hydrogen-bond acceptors (Lipinski definition) is 6. The van der Waals surface area contributed by atoms with Crippen LogP contribution >= 0.6 is 0 Å². The molecular formula is C16H17NO6. The summed E-state index contributed by atoms with van der Waals surface area (Å²) in [6, 6.07) is 7.51. The van der Waals surface area contributed by atoms with Gasteiger partial charge in [0, 0.05) is 0 Å². The van der Waals surface area contributed by atoms with E-state index in [0.717, 1.165) is 0 Å². The van der Waals surface area contributed by atoms with Gasteiger partial charge in [0.1, 0.15) is 11.3 Å². The first kappa shape index (κ1) is 16.4. The van der Waals surface area contributed by atoms with Gasteiger partial charge < -0.3 is 24.3 Å². The highest BCUT2D eigenvalue weighted by Crippen LogP contribution is 2.29. The first-order valence-electron chi connectivity index (χ1n) is 6.88. The number of esters is 1. The number of rotatable bonds is 6. The van der Waals surface area contributed by atoms with Gasteiger partial charge in [-0.3, -0.25) is 4.79 Å². The van der Waals surface area contributed by atoms with Crippen LogP contribution < -0.4 is 10.1 Å². The second-order valence-electron chi connectivity index (χ2n) is 4.74. The third-order valence-corrected chi connectivity index (χ3v) is 3.12. The summed E-state index contributed by atoms with van der Waals surface area (Å²) in [5.41, 5.74) is -0.0729. The Balaban J connectivity index is 1.90. The van der Waals surface area contributed by atoms with Crippen LogP contribution in [0.15, 0.2) is 41.0 Å². The largest absolute Gasteiger partial charge is 0.504 e. The molecule has 1 unspecified atom stereocenters. The van der Waals surface area contributed by atoms with E-state index in [1.54, 1.807) is 19.1 Å². The summed E-state index contributed by atoms with van der Waals surface area (Å²) in [6.07, 6.45) is 1.50. The first-order chi connectivity index (χ1) is 11.0. The average Bonchev–Trinajstić information content (AvgIpc) is 3.07. The Morgan fingerprint density at radius 3 is 2.74 bits per heavy atom. The number of carbonyl (C=O) groups excluding carboxylic acids is 2. The standard InChI is InChI=1S/C16H17NO6/c1-10(12-7-4-8-22-12)17-14(18)9-23-16(20)11-5-3-6-13(21-2)15(11)19/h3-8,10,19H,9H2,1-2H3,(H,17,18). The van der Waals surface area contributed by atoms with Crippen LogP contribution in [0.4, 0.5) is 0 Å². The molecule has 1 atom stereocenters. The van der Waals surface area contributed by atoms with Gasteiger partial charge in [0.25, 0.3) is 5.91 Å². The zero-order valence-electron chi connectivity index (χ0n) is 12.7. The van der Waals surface area contributed by atoms with Crippen LogP contribution in [0.3, 0.4) is 0 Å². The van der Waals surface area contributed by atoms with Gasteiger partial charge in [0.2, 0.25) is 0 Å². The summed E-state index contributed by atoms with van der Waals surface area (Å²) in [5, 5.41) is 12.5. The summed E-state index contributed by atoms with van der Waals surface area (Å²) in [7, 11) is 1.37. The summed E-state index contributed by atoms with van der Waals surface area (Å²) < 4.78 is 15.0. The summed E-state index contributed by atoms with van der Waals surface area (Å²) >= 11 is 0. The highest BCUT2D eigenvalue weighted by atomic mass is 16.5. The number of methoxy groups -OCH3 is 1. The molecule has 0 aliphatic carbocycles. The van der Waals surface area contributed by atoms with Crippen molar-refractivity contribution >= 4 is 11.9 Å². The molecule has 0 fully saturated rings. The Bertz CT molecular complexity index is 680. The van der Waals surface area contributed by atoms with Crippen LogP contribution in [0.2, 0.25) is 0 Å². The average molecular weight is 319 g/mol. The zero-order valence-corrected chi connectivity index (χ0v) is 12.7. The minimum absolute atomic E-state index is 0.0729. The fraction of sp³-hybridized carbons (Fsp3) is 0.250. The number of ether oxygens (including phenoxy) is 2. The molecule has 0 saturated carbocycles. The van der Waals surface area contributed by atoms with Crippen LogP contribution in [0.25, 0.3) is 0 Å². The van der Waals surface area contributed by atoms with Crippen molar-refractivity contribution in [3.05, 3.63) is 47.9 Å². The molecule has 122 valence electrons. The zero-order chi connectivity index (χ0) is 16.8. The van der Waals surface area contributed by atoms with E-state index in [1.807, 2.05) is 0 Å². The highest BCUT2D eigenvalue weighted by molar-refractivity contribution is 5.94. The number of phenols is 1. The number of nitrogens with one attached hydrogen (secondary N) is 1. The minimum Gasteiger partial charge on any atom is -0.504 e. The molecule has 7 heteroatoms. The maximum Gasteiger partial charge on any atom is 0.342 e. The number of carbonyl (C=O) groups is 2. The number of hydrogen-bond donors (Lipinski definition) is 2. The fourth-order valence-electron chi connectivity index (χ4n) is 1.95. The van der Waals surface area contributed by atoms with Gasteiger partial charge in [-0.1, -0.05) is 6.07 Å². The monoisotopic (exact) mass is 319 g/mol. The van der Waals surface area contributed by atoms with Gasteiger partial charge in [-0.2, -0.15) is 0 Å². The quantitative estimate of drug-likeness (QED) is 0.791. The van der Waals surface area contributed by atoms with Gasteiger partial charge >= 0.3 is 5.97 Å². The van der Waals surface area contributed by atoms with E-state index in [9.17, 15) is 14.7 Å². The normalized spacial score (nSPS) is 11.6. The molecule has 1 heterocycles. The molecule has 23 heavy (non-hydrogen) atoms. The lowest BCUT2D eigenvalue weighted by Gasteiger charge is -2.12. The van der Waals surface area contributed by atoms with Gasteiger partial charge in [0.15, 0.2) is 18.1 Å². The van der Waals surface area contributed by atoms with Crippen molar-refractivity contribution in [1.82, 2.24) is 5.32 Å². The van der Waals surface area contributed by atoms with E-state index >= 15 is 0 Å². The Labute approximate surface area is 132 Å². The van der Waals surface area contributed by atoms with Crippen LogP contribution in [0.5, 0.6) is 11.5 Å². The van der Waals surface area contributed by atoms with Crippen LogP contribution in [-0.2, 0) is 9.53 Å². The van der Waals surface area contributed by atoms with Crippen LogP contribution in [0.1, 0.15) is 29.1 Å². The molecular weight excluding hydrogens is 302 g/mol. The van der Waals surface area contributed by atoms with Crippen LogP contribution in [0, 0.1) is 0 Å². The van der Waals surface area contributed by atoms with E-state index in [4.69, 9.17) is 13.9 Å². The van der Waals surface area contributed by atoms with Crippen molar-refractivity contribution in [2.24, 2.45) is 0 Å². The van der Waals surface area contributed by atoms with Crippen molar-refractivity contribution in [3.63, 3.8) is 0 Å². The van der Waals surface area contributed by atoms with Crippen molar-refractivity contribution in [2.45, 2.75) is 13.0 Å². The van der Waals surface area contributed by atoms with Gasteiger partial charge in [0.05, 0.1) is 19.4 Å². The van der Waals surface area contributed by atoms with Crippen molar-refractivity contribution in [1.29, 1.82) is 0 Å². The predicted molar refractivity (Wildman–Crippen MR) is 80.2 cm³/mol. The second kappa shape index (κ2) is 7.35. The lowest BCUT2D eigenvalue weighted by Crippen LogP contribution is -2.31. The number of aromatic hydroxyl groups is 1. The Morgan fingerprint density at radius 1 is 1.30 bits per heavy atom. The summed E-state index contributed by atoms with van der Waals surface area (Å²) in [5.74, 6) is -0.887. The molecule has 0 aliphatic rings. The molecule has 7 nitrogen and oxygen atoms in total. The van der Waals surface area contributed by atoms with Crippen LogP contribution in [-0.4, -0.2) is 30.7 Å². The van der Waals surface area contributed by atoms with Crippen molar-refractivity contribution < 1.29 is 28.6 Å². The molecule has 1 aromatic heterocycles. The molecule has 2 rings (SSSR count). The fourth-order valence-corrected chi connectivity index (χ4v) is 1.95. The van der Waals surface area contributed by atoms with Crippen molar-refractivity contribution in [2.75, 3.05) is 13.7 Å². The molecule has 0 aliphatic heterocycles. The number of benzene rings is 1. The van der Waals surface area contributed by atoms with E-state index in [1.165, 1.54) is 31.6 Å². The topological polar surface area (TPSA) is 98.0 Å². The number of para-hydroxylation sites is 1. The van der Waals surface area contributed by atoms with E-state index < -0.39 is 18.5 Å². The maximum atomic E-state index is 11.9. The minimum atomic E-state index is -0.817. The molecule has 1 amide bonds. The lowest BCUT2D eigenvalue weighted by atomic mass is 10.2.